The van der Waals surface area contributed by atoms with Gasteiger partial charge in [-0.05, 0) is 61.0 Å². The molecule has 1 heterocycles. The molecule has 0 spiro atoms. The fraction of sp³-hybridized carbons (Fsp3) is 0.462. The van der Waals surface area contributed by atoms with E-state index in [1.807, 2.05) is 0 Å². The van der Waals surface area contributed by atoms with Crippen LogP contribution in [0.15, 0.2) is 48.5 Å². The van der Waals surface area contributed by atoms with Gasteiger partial charge in [-0.3, -0.25) is 14.5 Å². The largest absolute Gasteiger partial charge is 0.506 e. The van der Waals surface area contributed by atoms with E-state index in [2.05, 4.69) is 60.6 Å². The summed E-state index contributed by atoms with van der Waals surface area (Å²) < 4.78 is 0. The lowest BCUT2D eigenvalue weighted by Gasteiger charge is -2.30. The van der Waals surface area contributed by atoms with E-state index in [-0.39, 0.29) is 28.9 Å². The van der Waals surface area contributed by atoms with Gasteiger partial charge in [0.15, 0.2) is 0 Å². The van der Waals surface area contributed by atoms with Gasteiger partial charge in [-0.2, -0.15) is 0 Å². The van der Waals surface area contributed by atoms with Gasteiger partial charge >= 0.3 is 0 Å². The van der Waals surface area contributed by atoms with Gasteiger partial charge in [-0.15, -0.1) is 0 Å². The Morgan fingerprint density at radius 1 is 1.03 bits per heavy atom. The molecule has 0 atom stereocenters. The van der Waals surface area contributed by atoms with Crippen molar-refractivity contribution >= 4 is 17.5 Å². The molecule has 0 aliphatic carbocycles. The minimum Gasteiger partial charge on any atom is -0.506 e. The van der Waals surface area contributed by atoms with Crippen LogP contribution in [-0.4, -0.2) is 48.0 Å². The second-order valence-electron chi connectivity index (χ2n) is 9.60. The van der Waals surface area contributed by atoms with Crippen molar-refractivity contribution in [1.82, 2.24) is 10.2 Å². The molecule has 3 N–H and O–H groups in total. The molecule has 0 saturated carbocycles. The highest BCUT2D eigenvalue weighted by molar-refractivity contribution is 5.93. The molecule has 1 saturated heterocycles. The number of benzene rings is 2. The number of para-hydroxylation sites is 2. The molecule has 0 bridgehead atoms. The molecule has 1 aliphatic rings. The van der Waals surface area contributed by atoms with E-state index >= 15 is 0 Å². The van der Waals surface area contributed by atoms with Crippen molar-refractivity contribution in [2.45, 2.75) is 45.4 Å². The minimum atomic E-state index is -0.106. The van der Waals surface area contributed by atoms with Gasteiger partial charge in [-0.1, -0.05) is 57.2 Å². The smallest absolute Gasteiger partial charge is 0.234 e. The summed E-state index contributed by atoms with van der Waals surface area (Å²) in [5.41, 5.74) is 3.11. The van der Waals surface area contributed by atoms with Crippen LogP contribution in [0.2, 0.25) is 0 Å². The summed E-state index contributed by atoms with van der Waals surface area (Å²) in [6.07, 6.45) is 2.21. The van der Waals surface area contributed by atoms with Crippen molar-refractivity contribution in [3.63, 3.8) is 0 Å². The van der Waals surface area contributed by atoms with Gasteiger partial charge in [0.25, 0.3) is 0 Å². The number of amides is 2. The van der Waals surface area contributed by atoms with Crippen molar-refractivity contribution in [2.75, 3.05) is 31.5 Å². The topological polar surface area (TPSA) is 81.7 Å². The van der Waals surface area contributed by atoms with E-state index in [1.165, 1.54) is 11.1 Å². The summed E-state index contributed by atoms with van der Waals surface area (Å²) in [5.74, 6) is -0.0911. The Morgan fingerprint density at radius 2 is 1.69 bits per heavy atom. The standard InChI is InChI=1S/C26H35N3O3/c1-26(2,3)21-10-8-19(9-11-21)12-15-27-24(31)18-29-16-13-20(14-17-29)25(32)28-22-6-4-5-7-23(22)30/h4-11,20,30H,12-18H2,1-3H3,(H,27,31)(H,28,32). The SMILES string of the molecule is CC(C)(C)c1ccc(CCNC(=O)CN2CCC(C(=O)Nc3ccccc3O)CC2)cc1. The summed E-state index contributed by atoms with van der Waals surface area (Å²) in [6.45, 7) is 8.99. The van der Waals surface area contributed by atoms with Crippen LogP contribution in [-0.2, 0) is 21.4 Å². The van der Waals surface area contributed by atoms with Crippen molar-refractivity contribution < 1.29 is 14.7 Å². The molecule has 0 aromatic heterocycles. The summed E-state index contributed by atoms with van der Waals surface area (Å²) >= 11 is 0. The lowest BCUT2D eigenvalue weighted by Crippen LogP contribution is -2.43. The van der Waals surface area contributed by atoms with E-state index in [1.54, 1.807) is 24.3 Å². The molecule has 32 heavy (non-hydrogen) atoms. The zero-order valence-electron chi connectivity index (χ0n) is 19.4. The van der Waals surface area contributed by atoms with E-state index < -0.39 is 0 Å². The maximum absolute atomic E-state index is 12.5. The highest BCUT2D eigenvalue weighted by Crippen LogP contribution is 2.25. The van der Waals surface area contributed by atoms with Crippen LogP contribution in [0.25, 0.3) is 0 Å². The van der Waals surface area contributed by atoms with Crippen LogP contribution in [0.5, 0.6) is 5.75 Å². The zero-order valence-corrected chi connectivity index (χ0v) is 19.4. The predicted molar refractivity (Wildman–Crippen MR) is 128 cm³/mol. The summed E-state index contributed by atoms with van der Waals surface area (Å²) in [5, 5.41) is 15.6. The van der Waals surface area contributed by atoms with Crippen LogP contribution < -0.4 is 10.6 Å². The first kappa shape index (κ1) is 23.8. The van der Waals surface area contributed by atoms with E-state index in [9.17, 15) is 14.7 Å². The molecule has 0 unspecified atom stereocenters. The number of phenolic OH excluding ortho intramolecular Hbond substituents is 1. The van der Waals surface area contributed by atoms with Gasteiger partial charge < -0.3 is 15.7 Å². The average molecular weight is 438 g/mol. The molecule has 2 aromatic rings. The lowest BCUT2D eigenvalue weighted by molar-refractivity contribution is -0.123. The third kappa shape index (κ3) is 6.82. The molecule has 2 aromatic carbocycles. The number of carbonyl (C=O) groups excluding carboxylic acids is 2. The van der Waals surface area contributed by atoms with E-state index in [0.717, 1.165) is 6.42 Å². The van der Waals surface area contributed by atoms with Crippen LogP contribution >= 0.6 is 0 Å². The van der Waals surface area contributed by atoms with Crippen molar-refractivity contribution in [3.05, 3.63) is 59.7 Å². The number of likely N-dealkylation sites (tertiary alicyclic amines) is 1. The quantitative estimate of drug-likeness (QED) is 0.577. The molecule has 6 heteroatoms. The minimum absolute atomic E-state index is 0.0217. The van der Waals surface area contributed by atoms with Crippen LogP contribution in [0, 0.1) is 5.92 Å². The summed E-state index contributed by atoms with van der Waals surface area (Å²) in [4.78, 5) is 26.9. The highest BCUT2D eigenvalue weighted by atomic mass is 16.3. The highest BCUT2D eigenvalue weighted by Gasteiger charge is 2.26. The number of piperidine rings is 1. The normalized spacial score (nSPS) is 15.3. The summed E-state index contributed by atoms with van der Waals surface area (Å²) in [6, 6.07) is 15.3. The van der Waals surface area contributed by atoms with Gasteiger partial charge in [0.2, 0.25) is 11.8 Å². The van der Waals surface area contributed by atoms with Crippen molar-refractivity contribution in [1.29, 1.82) is 0 Å². The first-order valence-electron chi connectivity index (χ1n) is 11.4. The van der Waals surface area contributed by atoms with E-state index in [4.69, 9.17) is 0 Å². The first-order valence-corrected chi connectivity index (χ1v) is 11.4. The third-order valence-electron chi connectivity index (χ3n) is 6.04. The monoisotopic (exact) mass is 437 g/mol. The number of hydrogen-bond acceptors (Lipinski definition) is 4. The fourth-order valence-corrected chi connectivity index (χ4v) is 3.94. The van der Waals surface area contributed by atoms with Crippen LogP contribution in [0.1, 0.15) is 44.7 Å². The molecular formula is C26H35N3O3. The number of aromatic hydroxyl groups is 1. The number of anilines is 1. The number of rotatable bonds is 7. The van der Waals surface area contributed by atoms with E-state index in [0.29, 0.717) is 44.7 Å². The molecule has 1 aliphatic heterocycles. The Balaban J connectivity index is 1.35. The predicted octanol–water partition coefficient (Wildman–Crippen LogP) is 3.70. The average Bonchev–Trinajstić information content (AvgIpc) is 2.75. The fourth-order valence-electron chi connectivity index (χ4n) is 3.94. The van der Waals surface area contributed by atoms with Gasteiger partial charge in [-0.25, -0.2) is 0 Å². The molecule has 6 nitrogen and oxygen atoms in total. The maximum atomic E-state index is 12.5. The molecule has 0 radical (unpaired) electrons. The maximum Gasteiger partial charge on any atom is 0.234 e. The molecule has 172 valence electrons. The van der Waals surface area contributed by atoms with Crippen molar-refractivity contribution in [3.8, 4) is 5.75 Å². The van der Waals surface area contributed by atoms with Crippen LogP contribution in [0.4, 0.5) is 5.69 Å². The number of phenols is 1. The zero-order chi connectivity index (χ0) is 23.1. The molecule has 2 amide bonds. The Bertz CT molecular complexity index is 911. The van der Waals surface area contributed by atoms with Gasteiger partial charge in [0, 0.05) is 12.5 Å². The second-order valence-corrected chi connectivity index (χ2v) is 9.60. The Morgan fingerprint density at radius 3 is 2.31 bits per heavy atom. The van der Waals surface area contributed by atoms with Gasteiger partial charge in [0.05, 0.1) is 12.2 Å². The number of hydrogen-bond donors (Lipinski definition) is 3. The Hall–Kier alpha value is -2.86. The first-order chi connectivity index (χ1) is 15.2. The molecule has 3 rings (SSSR count). The number of nitrogens with zero attached hydrogens (tertiary/aromatic N) is 1. The number of carbonyl (C=O) groups is 2. The molecule has 1 fully saturated rings. The third-order valence-corrected chi connectivity index (χ3v) is 6.04. The lowest BCUT2D eigenvalue weighted by atomic mass is 9.86. The Labute approximate surface area is 191 Å². The Kier molecular flexibility index (Phi) is 7.91. The van der Waals surface area contributed by atoms with Crippen molar-refractivity contribution in [2.24, 2.45) is 5.92 Å². The molecular weight excluding hydrogens is 402 g/mol. The van der Waals surface area contributed by atoms with Gasteiger partial charge in [0.1, 0.15) is 5.75 Å². The second kappa shape index (κ2) is 10.6. The summed E-state index contributed by atoms with van der Waals surface area (Å²) in [7, 11) is 0. The number of nitrogens with one attached hydrogen (secondary N) is 2. The van der Waals surface area contributed by atoms with Crippen LogP contribution in [0.3, 0.4) is 0 Å².